The van der Waals surface area contributed by atoms with Crippen LogP contribution in [0.5, 0.6) is 0 Å². The number of hydrogen-bond acceptors (Lipinski definition) is 5. The van der Waals surface area contributed by atoms with Gasteiger partial charge in [-0.2, -0.15) is 18.3 Å². The third kappa shape index (κ3) is 5.97. The fraction of sp³-hybridized carbons (Fsp3) is 0.450. The van der Waals surface area contributed by atoms with Crippen LogP contribution in [0.25, 0.3) is 11.3 Å². The Hall–Kier alpha value is -3.08. The highest BCUT2D eigenvalue weighted by Gasteiger charge is 2.40. The maximum atomic E-state index is 12.6. The standard InChI is InChI=1S/C20H23F3N4O4/c1-14(20(21,22)23)31-19(30)26-10-8-25(9-11-26)12-15-4-2-3-5-16(15)17-6-7-27(24-17)13-18(28)29/h2-7,14H,8-13H2,1H3,(H,28,29). The first-order valence-corrected chi connectivity index (χ1v) is 9.71. The van der Waals surface area contributed by atoms with Gasteiger partial charge in [0.2, 0.25) is 0 Å². The highest BCUT2D eigenvalue weighted by Crippen LogP contribution is 2.25. The van der Waals surface area contributed by atoms with Gasteiger partial charge in [0.25, 0.3) is 0 Å². The van der Waals surface area contributed by atoms with Crippen LogP contribution in [0, 0.1) is 0 Å². The summed E-state index contributed by atoms with van der Waals surface area (Å²) < 4.78 is 43.6. The van der Waals surface area contributed by atoms with Crippen molar-refractivity contribution in [3.8, 4) is 11.3 Å². The molecule has 1 amide bonds. The number of aliphatic carboxylic acids is 1. The Balaban J connectivity index is 1.59. The van der Waals surface area contributed by atoms with E-state index in [0.717, 1.165) is 18.1 Å². The Morgan fingerprint density at radius 3 is 2.48 bits per heavy atom. The molecule has 2 heterocycles. The third-order valence-electron chi connectivity index (χ3n) is 4.99. The number of carboxylic acids is 1. The smallest absolute Gasteiger partial charge is 0.425 e. The zero-order valence-electron chi connectivity index (χ0n) is 16.9. The molecule has 2 aromatic rings. The lowest BCUT2D eigenvalue weighted by atomic mass is 10.0. The number of carboxylic acid groups (broad SMARTS) is 1. The van der Waals surface area contributed by atoms with E-state index in [-0.39, 0.29) is 19.6 Å². The lowest BCUT2D eigenvalue weighted by Gasteiger charge is -2.35. The Kier molecular flexibility index (Phi) is 6.84. The minimum absolute atomic E-state index is 0.229. The zero-order chi connectivity index (χ0) is 22.6. The molecule has 0 bridgehead atoms. The first kappa shape index (κ1) is 22.6. The van der Waals surface area contributed by atoms with Gasteiger partial charge in [0, 0.05) is 44.5 Å². The number of halogens is 3. The first-order chi connectivity index (χ1) is 14.6. The molecule has 1 fully saturated rings. The summed E-state index contributed by atoms with van der Waals surface area (Å²) in [5.74, 6) is -0.982. The van der Waals surface area contributed by atoms with E-state index in [0.29, 0.717) is 25.3 Å². The fourth-order valence-corrected chi connectivity index (χ4v) is 3.26. The Morgan fingerprint density at radius 2 is 1.84 bits per heavy atom. The van der Waals surface area contributed by atoms with Gasteiger partial charge in [-0.3, -0.25) is 14.4 Å². The lowest BCUT2D eigenvalue weighted by molar-refractivity contribution is -0.200. The van der Waals surface area contributed by atoms with Crippen molar-refractivity contribution in [3.05, 3.63) is 42.1 Å². The molecular formula is C20H23F3N4O4. The van der Waals surface area contributed by atoms with E-state index in [2.05, 4.69) is 14.7 Å². The monoisotopic (exact) mass is 440 g/mol. The number of carbonyl (C=O) groups is 2. The fourth-order valence-electron chi connectivity index (χ4n) is 3.26. The van der Waals surface area contributed by atoms with E-state index in [4.69, 9.17) is 5.11 Å². The second-order valence-electron chi connectivity index (χ2n) is 7.28. The summed E-state index contributed by atoms with van der Waals surface area (Å²) in [4.78, 5) is 26.2. The van der Waals surface area contributed by atoms with Gasteiger partial charge in [-0.05, 0) is 18.6 Å². The Bertz CT molecular complexity index is 923. The molecule has 1 aromatic heterocycles. The van der Waals surface area contributed by atoms with E-state index in [1.807, 2.05) is 24.3 Å². The van der Waals surface area contributed by atoms with Crippen LogP contribution in [0.15, 0.2) is 36.5 Å². The summed E-state index contributed by atoms with van der Waals surface area (Å²) in [6.45, 7) is 2.63. The second kappa shape index (κ2) is 9.38. The summed E-state index contributed by atoms with van der Waals surface area (Å²) in [5.41, 5.74) is 2.50. The van der Waals surface area contributed by atoms with Gasteiger partial charge in [0.05, 0.1) is 5.69 Å². The normalized spacial score (nSPS) is 16.2. The average Bonchev–Trinajstić information content (AvgIpc) is 3.15. The van der Waals surface area contributed by atoms with Gasteiger partial charge in [-0.1, -0.05) is 24.3 Å². The highest BCUT2D eigenvalue weighted by molar-refractivity contribution is 5.68. The van der Waals surface area contributed by atoms with Crippen LogP contribution < -0.4 is 0 Å². The number of amides is 1. The number of aromatic nitrogens is 2. The summed E-state index contributed by atoms with van der Waals surface area (Å²) in [7, 11) is 0. The predicted octanol–water partition coefficient (Wildman–Crippen LogP) is 2.84. The molecule has 1 saturated heterocycles. The first-order valence-electron chi connectivity index (χ1n) is 9.71. The van der Waals surface area contributed by atoms with Crippen molar-refractivity contribution in [1.82, 2.24) is 19.6 Å². The van der Waals surface area contributed by atoms with Gasteiger partial charge < -0.3 is 14.7 Å². The molecule has 8 nitrogen and oxygen atoms in total. The molecule has 1 atom stereocenters. The van der Waals surface area contributed by atoms with Crippen LogP contribution in [0.4, 0.5) is 18.0 Å². The van der Waals surface area contributed by atoms with E-state index in [1.165, 1.54) is 9.58 Å². The number of carbonyl (C=O) groups excluding carboxylic acids is 1. The molecule has 0 aliphatic carbocycles. The molecule has 11 heteroatoms. The third-order valence-corrected chi connectivity index (χ3v) is 4.99. The van der Waals surface area contributed by atoms with Crippen molar-refractivity contribution in [3.63, 3.8) is 0 Å². The highest BCUT2D eigenvalue weighted by atomic mass is 19.4. The molecule has 1 unspecified atom stereocenters. The van der Waals surface area contributed by atoms with Crippen LogP contribution >= 0.6 is 0 Å². The summed E-state index contributed by atoms with van der Waals surface area (Å²) in [6, 6.07) is 9.34. The van der Waals surface area contributed by atoms with Crippen LogP contribution in [0.1, 0.15) is 12.5 Å². The van der Waals surface area contributed by atoms with Gasteiger partial charge in [-0.25, -0.2) is 4.79 Å². The molecule has 0 saturated carbocycles. The molecule has 168 valence electrons. The zero-order valence-corrected chi connectivity index (χ0v) is 16.9. The van der Waals surface area contributed by atoms with Crippen molar-refractivity contribution >= 4 is 12.1 Å². The number of ether oxygens (including phenoxy) is 1. The summed E-state index contributed by atoms with van der Waals surface area (Å²) >= 11 is 0. The Morgan fingerprint density at radius 1 is 1.16 bits per heavy atom. The second-order valence-corrected chi connectivity index (χ2v) is 7.28. The quantitative estimate of drug-likeness (QED) is 0.743. The van der Waals surface area contributed by atoms with Gasteiger partial charge in [0.1, 0.15) is 6.54 Å². The van der Waals surface area contributed by atoms with Crippen LogP contribution in [0.3, 0.4) is 0 Å². The molecule has 0 spiro atoms. The number of alkyl halides is 3. The SMILES string of the molecule is CC(OC(=O)N1CCN(Cc2ccccc2-c2ccn(CC(=O)O)n2)CC1)C(F)(F)F. The molecule has 1 aliphatic rings. The Labute approximate surface area is 176 Å². The molecule has 1 aromatic carbocycles. The summed E-state index contributed by atoms with van der Waals surface area (Å²) in [5, 5.41) is 13.2. The number of piperazine rings is 1. The molecule has 1 N–H and O–H groups in total. The van der Waals surface area contributed by atoms with Crippen LogP contribution in [-0.4, -0.2) is 75.2 Å². The minimum Gasteiger partial charge on any atom is -0.480 e. The number of nitrogens with zero attached hydrogens (tertiary/aromatic N) is 4. The van der Waals surface area contributed by atoms with Crippen molar-refractivity contribution < 1.29 is 32.6 Å². The van der Waals surface area contributed by atoms with E-state index in [9.17, 15) is 22.8 Å². The molecule has 31 heavy (non-hydrogen) atoms. The lowest BCUT2D eigenvalue weighted by Crippen LogP contribution is -2.49. The minimum atomic E-state index is -4.58. The van der Waals surface area contributed by atoms with Crippen molar-refractivity contribution in [1.29, 1.82) is 0 Å². The average molecular weight is 440 g/mol. The van der Waals surface area contributed by atoms with Crippen LogP contribution in [-0.2, 0) is 22.6 Å². The maximum absolute atomic E-state index is 12.6. The van der Waals surface area contributed by atoms with E-state index >= 15 is 0 Å². The summed E-state index contributed by atoms with van der Waals surface area (Å²) in [6.07, 6.45) is -6.09. The molecular weight excluding hydrogens is 417 g/mol. The van der Waals surface area contributed by atoms with Gasteiger partial charge in [0.15, 0.2) is 6.10 Å². The number of rotatable bonds is 6. The molecule has 3 rings (SSSR count). The molecule has 1 aliphatic heterocycles. The number of benzene rings is 1. The predicted molar refractivity (Wildman–Crippen MR) is 104 cm³/mol. The largest absolute Gasteiger partial charge is 0.480 e. The van der Waals surface area contributed by atoms with E-state index < -0.39 is 24.3 Å². The van der Waals surface area contributed by atoms with Gasteiger partial charge in [-0.15, -0.1) is 0 Å². The van der Waals surface area contributed by atoms with Gasteiger partial charge >= 0.3 is 18.2 Å². The number of hydrogen-bond donors (Lipinski definition) is 1. The van der Waals surface area contributed by atoms with Crippen molar-refractivity contribution in [2.75, 3.05) is 26.2 Å². The maximum Gasteiger partial charge on any atom is 0.425 e. The molecule has 0 radical (unpaired) electrons. The van der Waals surface area contributed by atoms with Crippen molar-refractivity contribution in [2.45, 2.75) is 32.3 Å². The van der Waals surface area contributed by atoms with Crippen molar-refractivity contribution in [2.24, 2.45) is 0 Å². The van der Waals surface area contributed by atoms with E-state index in [1.54, 1.807) is 12.3 Å². The van der Waals surface area contributed by atoms with Crippen LogP contribution in [0.2, 0.25) is 0 Å². The topological polar surface area (TPSA) is 87.9 Å².